The number of sulfonamides is 1. The van der Waals surface area contributed by atoms with Crippen molar-refractivity contribution in [3.63, 3.8) is 0 Å². The Kier molecular flexibility index (Phi) is 7.92. The first-order valence-electron chi connectivity index (χ1n) is 12.5. The van der Waals surface area contributed by atoms with E-state index >= 15 is 0 Å². The molecule has 0 radical (unpaired) electrons. The number of rotatable bonds is 5. The number of ether oxygens (including phenoxy) is 2. The van der Waals surface area contributed by atoms with Crippen LogP contribution in [-0.2, 0) is 22.4 Å². The summed E-state index contributed by atoms with van der Waals surface area (Å²) in [5.41, 5.74) is -2.38. The van der Waals surface area contributed by atoms with E-state index in [1.807, 2.05) is 0 Å². The van der Waals surface area contributed by atoms with Gasteiger partial charge in [-0.2, -0.15) is 26.3 Å². The van der Waals surface area contributed by atoms with E-state index in [2.05, 4.69) is 14.8 Å². The van der Waals surface area contributed by atoms with Crippen LogP contribution in [0.4, 0.5) is 50.9 Å². The molecule has 18 heteroatoms. The normalized spacial score (nSPS) is 20.9. The highest BCUT2D eigenvalue weighted by atomic mass is 32.2. The molecule has 238 valence electrons. The molecule has 0 amide bonds. The summed E-state index contributed by atoms with van der Waals surface area (Å²) in [7, 11) is -4.45. The molecule has 2 heterocycles. The summed E-state index contributed by atoms with van der Waals surface area (Å²) in [6, 6.07) is 5.44. The lowest BCUT2D eigenvalue weighted by molar-refractivity contribution is -0.274. The van der Waals surface area contributed by atoms with E-state index in [-0.39, 0.29) is 24.5 Å². The molecule has 3 atom stereocenters. The second-order valence-electron chi connectivity index (χ2n) is 9.80. The summed E-state index contributed by atoms with van der Waals surface area (Å²) in [6.45, 7) is -0.250. The third-order valence-corrected chi connectivity index (χ3v) is 8.35. The number of hydrogen-bond donors (Lipinski definition) is 3. The summed E-state index contributed by atoms with van der Waals surface area (Å²) >= 11 is 0. The average Bonchev–Trinajstić information content (AvgIpc) is 2.91. The van der Waals surface area contributed by atoms with Gasteiger partial charge in [0.15, 0.2) is 11.5 Å². The van der Waals surface area contributed by atoms with E-state index in [0.717, 1.165) is 48.5 Å². The van der Waals surface area contributed by atoms with Crippen LogP contribution in [0.1, 0.15) is 11.1 Å². The first kappa shape index (κ1) is 31.7. The second-order valence-corrected chi connectivity index (χ2v) is 11.5. The van der Waals surface area contributed by atoms with E-state index < -0.39 is 80.2 Å². The number of anilines is 2. The molecule has 8 nitrogen and oxygen atoms in total. The minimum absolute atomic E-state index is 0.0418. The zero-order valence-corrected chi connectivity index (χ0v) is 22.6. The molecule has 2 aliphatic heterocycles. The monoisotopic (exact) mass is 657 g/mol. The summed E-state index contributed by atoms with van der Waals surface area (Å²) < 4.78 is 155. The fourth-order valence-electron chi connectivity index (χ4n) is 4.89. The number of aliphatic hydroxyl groups is 1. The SMILES string of the molecule is O=S(=O)(N[C@@H]1CNC[C@H](N2c3ccc(C(F)(F)F)cc3Oc3cc(C(F)(F)F)ccc32)[C@H]1O)c1ccc(OC(F)(F)F)cc1. The smallest absolute Gasteiger partial charge is 0.453 e. The Bertz CT molecular complexity index is 1580. The van der Waals surface area contributed by atoms with Crippen molar-refractivity contribution < 1.29 is 62.5 Å². The quantitative estimate of drug-likeness (QED) is 0.310. The number of hydrogen-bond acceptors (Lipinski definition) is 7. The van der Waals surface area contributed by atoms with Crippen molar-refractivity contribution in [1.29, 1.82) is 0 Å². The van der Waals surface area contributed by atoms with Gasteiger partial charge in [-0.3, -0.25) is 0 Å². The third kappa shape index (κ3) is 6.52. The molecule has 5 rings (SSSR count). The van der Waals surface area contributed by atoms with Gasteiger partial charge < -0.3 is 24.8 Å². The second kappa shape index (κ2) is 11.0. The van der Waals surface area contributed by atoms with E-state index in [1.54, 1.807) is 0 Å². The molecular weight excluding hydrogens is 637 g/mol. The van der Waals surface area contributed by atoms with Crippen molar-refractivity contribution >= 4 is 21.4 Å². The molecule has 2 aliphatic rings. The molecule has 1 saturated heterocycles. The number of benzene rings is 3. The Morgan fingerprint density at radius 3 is 1.82 bits per heavy atom. The van der Waals surface area contributed by atoms with Gasteiger partial charge >= 0.3 is 18.7 Å². The fourth-order valence-corrected chi connectivity index (χ4v) is 6.14. The lowest BCUT2D eigenvalue weighted by atomic mass is 9.95. The number of fused-ring (bicyclic) bond motifs is 2. The lowest BCUT2D eigenvalue weighted by Gasteiger charge is -2.45. The minimum Gasteiger partial charge on any atom is -0.453 e. The number of nitrogens with one attached hydrogen (secondary N) is 2. The average molecular weight is 658 g/mol. The molecule has 44 heavy (non-hydrogen) atoms. The largest absolute Gasteiger partial charge is 0.573 e. The van der Waals surface area contributed by atoms with E-state index in [0.29, 0.717) is 12.1 Å². The molecular formula is C26H20F9N3O5S. The highest BCUT2D eigenvalue weighted by molar-refractivity contribution is 7.89. The van der Waals surface area contributed by atoms with Gasteiger partial charge in [0.25, 0.3) is 0 Å². The Morgan fingerprint density at radius 1 is 0.818 bits per heavy atom. The van der Waals surface area contributed by atoms with Crippen LogP contribution in [0.15, 0.2) is 65.6 Å². The summed E-state index contributed by atoms with van der Waals surface area (Å²) in [5.74, 6) is -1.59. The van der Waals surface area contributed by atoms with Crippen molar-refractivity contribution in [3.05, 3.63) is 71.8 Å². The van der Waals surface area contributed by atoms with E-state index in [1.165, 1.54) is 4.90 Å². The standard InChI is InChI=1S/C26H20F9N3O5S/c27-24(28,29)13-1-7-18-21(9-13)42-22-10-14(25(30,31)32)2-8-19(22)38(18)20-12-36-11-17(23(20)39)37-44(40,41)16-5-3-15(4-6-16)43-26(33,34)35/h1-10,17,20,23,36-37,39H,11-12H2/t17-,20+,23+/m1/s1. The van der Waals surface area contributed by atoms with Crippen LogP contribution in [0.25, 0.3) is 0 Å². The molecule has 0 aromatic heterocycles. The maximum absolute atomic E-state index is 13.4. The van der Waals surface area contributed by atoms with Gasteiger partial charge in [-0.05, 0) is 60.7 Å². The number of nitrogens with zero attached hydrogens (tertiary/aromatic N) is 1. The van der Waals surface area contributed by atoms with Crippen molar-refractivity contribution in [1.82, 2.24) is 10.0 Å². The van der Waals surface area contributed by atoms with E-state index in [4.69, 9.17) is 4.74 Å². The van der Waals surface area contributed by atoms with Crippen molar-refractivity contribution in [2.24, 2.45) is 0 Å². The van der Waals surface area contributed by atoms with Crippen molar-refractivity contribution in [2.45, 2.75) is 41.8 Å². The predicted octanol–water partition coefficient (Wildman–Crippen LogP) is 5.55. The van der Waals surface area contributed by atoms with Crippen LogP contribution in [0.5, 0.6) is 17.2 Å². The number of halogens is 9. The van der Waals surface area contributed by atoms with Crippen molar-refractivity contribution in [2.75, 3.05) is 18.0 Å². The Labute approximate surface area is 243 Å². The Balaban J connectivity index is 1.47. The summed E-state index contributed by atoms with van der Waals surface area (Å²) in [5, 5.41) is 14.2. The number of alkyl halides is 9. The molecule has 0 spiro atoms. The first-order valence-corrected chi connectivity index (χ1v) is 14.0. The zero-order valence-electron chi connectivity index (χ0n) is 21.8. The number of piperidine rings is 1. The third-order valence-electron chi connectivity index (χ3n) is 6.84. The molecule has 0 aliphatic carbocycles. The van der Waals surface area contributed by atoms with Crippen LogP contribution in [0, 0.1) is 0 Å². The highest BCUT2D eigenvalue weighted by Gasteiger charge is 2.43. The molecule has 3 aromatic carbocycles. The molecule has 3 aromatic rings. The van der Waals surface area contributed by atoms with E-state index in [9.17, 15) is 53.0 Å². The first-order chi connectivity index (χ1) is 20.3. The molecule has 0 saturated carbocycles. The molecule has 1 fully saturated rings. The van der Waals surface area contributed by atoms with Gasteiger partial charge in [0.2, 0.25) is 10.0 Å². The van der Waals surface area contributed by atoms with Crippen molar-refractivity contribution in [3.8, 4) is 17.2 Å². The molecule has 0 bridgehead atoms. The molecule has 3 N–H and O–H groups in total. The maximum Gasteiger partial charge on any atom is 0.573 e. The van der Waals surface area contributed by atoms with Gasteiger partial charge in [0.1, 0.15) is 5.75 Å². The molecule has 0 unspecified atom stereocenters. The van der Waals surface area contributed by atoms with Crippen LogP contribution >= 0.6 is 0 Å². The van der Waals surface area contributed by atoms with Crippen LogP contribution < -0.4 is 24.4 Å². The van der Waals surface area contributed by atoms with Gasteiger partial charge in [0.05, 0.1) is 45.6 Å². The minimum atomic E-state index is -5.01. The van der Waals surface area contributed by atoms with Gasteiger partial charge in [-0.15, -0.1) is 13.2 Å². The lowest BCUT2D eigenvalue weighted by Crippen LogP contribution is -2.64. The summed E-state index contributed by atoms with van der Waals surface area (Å²) in [6.07, 6.45) is -16.2. The summed E-state index contributed by atoms with van der Waals surface area (Å²) in [4.78, 5) is 0.790. The predicted molar refractivity (Wildman–Crippen MR) is 135 cm³/mol. The van der Waals surface area contributed by atoms with Crippen LogP contribution in [-0.4, -0.2) is 51.2 Å². The fraction of sp³-hybridized carbons (Fsp3) is 0.308. The topological polar surface area (TPSA) is 100 Å². The van der Waals surface area contributed by atoms with Gasteiger partial charge in [0, 0.05) is 13.1 Å². The highest BCUT2D eigenvalue weighted by Crippen LogP contribution is 2.51. The Hall–Kier alpha value is -3.74. The van der Waals surface area contributed by atoms with Crippen LogP contribution in [0.2, 0.25) is 0 Å². The Morgan fingerprint density at radius 2 is 1.34 bits per heavy atom. The van der Waals surface area contributed by atoms with Crippen LogP contribution in [0.3, 0.4) is 0 Å². The number of aliphatic hydroxyl groups excluding tert-OH is 1. The zero-order chi connectivity index (χ0) is 32.2. The van der Waals surface area contributed by atoms with Gasteiger partial charge in [-0.25, -0.2) is 13.1 Å². The van der Waals surface area contributed by atoms with Gasteiger partial charge in [-0.1, -0.05) is 0 Å². The maximum atomic E-state index is 13.4.